The van der Waals surface area contributed by atoms with Gasteiger partial charge in [0, 0.05) is 32.4 Å². The zero-order chi connectivity index (χ0) is 15.4. The van der Waals surface area contributed by atoms with E-state index in [0.717, 1.165) is 0 Å². The highest BCUT2D eigenvalue weighted by Crippen LogP contribution is 2.26. The summed E-state index contributed by atoms with van der Waals surface area (Å²) in [5, 5.41) is 8.67. The van der Waals surface area contributed by atoms with E-state index in [1.54, 1.807) is 17.8 Å². The van der Waals surface area contributed by atoms with Crippen molar-refractivity contribution in [3.8, 4) is 0 Å². The number of nitrogens with one attached hydrogen (secondary N) is 1. The number of hydrogen-bond acceptors (Lipinski definition) is 3. The highest BCUT2D eigenvalue weighted by molar-refractivity contribution is 7.89. The van der Waals surface area contributed by atoms with Crippen molar-refractivity contribution in [3.05, 3.63) is 18.5 Å². The molecule has 0 aromatic carbocycles. The highest BCUT2D eigenvalue weighted by atomic mass is 32.2. The van der Waals surface area contributed by atoms with Gasteiger partial charge < -0.3 is 9.67 Å². The summed E-state index contributed by atoms with van der Waals surface area (Å²) in [6.45, 7) is 4.17. The molecule has 0 radical (unpaired) electrons. The van der Waals surface area contributed by atoms with Gasteiger partial charge in [0.2, 0.25) is 10.0 Å². The fourth-order valence-corrected chi connectivity index (χ4v) is 2.90. The molecular formula is C13H22N2O4S. The average Bonchev–Trinajstić information content (AvgIpc) is 2.74. The van der Waals surface area contributed by atoms with Gasteiger partial charge in [0.15, 0.2) is 0 Å². The predicted octanol–water partition coefficient (Wildman–Crippen LogP) is 1.58. The van der Waals surface area contributed by atoms with Crippen LogP contribution in [0, 0.1) is 5.41 Å². The van der Waals surface area contributed by atoms with Gasteiger partial charge in [-0.05, 0) is 24.3 Å². The second-order valence-corrected chi connectivity index (χ2v) is 7.49. The monoisotopic (exact) mass is 302 g/mol. The molecule has 0 spiro atoms. The van der Waals surface area contributed by atoms with E-state index >= 15 is 0 Å². The Labute approximate surface area is 119 Å². The van der Waals surface area contributed by atoms with Gasteiger partial charge in [-0.2, -0.15) is 0 Å². The van der Waals surface area contributed by atoms with Crippen molar-refractivity contribution in [1.82, 2.24) is 9.29 Å². The van der Waals surface area contributed by atoms with Crippen LogP contribution in [0.5, 0.6) is 0 Å². The maximum Gasteiger partial charge on any atom is 0.303 e. The van der Waals surface area contributed by atoms with Gasteiger partial charge in [-0.1, -0.05) is 13.8 Å². The summed E-state index contributed by atoms with van der Waals surface area (Å²) in [5.74, 6) is -0.831. The first-order chi connectivity index (χ1) is 9.12. The number of sulfonamides is 1. The molecular weight excluding hydrogens is 280 g/mol. The predicted molar refractivity (Wildman–Crippen MR) is 75.9 cm³/mol. The van der Waals surface area contributed by atoms with Crippen molar-refractivity contribution in [2.75, 3.05) is 6.54 Å². The largest absolute Gasteiger partial charge is 0.481 e. The lowest BCUT2D eigenvalue weighted by Crippen LogP contribution is -2.28. The molecule has 1 aromatic rings. The molecule has 7 heteroatoms. The van der Waals surface area contributed by atoms with Crippen LogP contribution >= 0.6 is 0 Å². The SMILES string of the molecule is Cn1ccc(S(=O)(=O)NCCC(C)(C)CCC(=O)O)c1. The first-order valence-electron chi connectivity index (χ1n) is 6.46. The third-order valence-corrected chi connectivity index (χ3v) is 4.67. The van der Waals surface area contributed by atoms with E-state index in [1.807, 2.05) is 13.8 Å². The Balaban J connectivity index is 2.49. The van der Waals surface area contributed by atoms with E-state index in [1.165, 1.54) is 12.3 Å². The Hall–Kier alpha value is -1.34. The number of nitrogens with zero attached hydrogens (tertiary/aromatic N) is 1. The molecule has 2 N–H and O–H groups in total. The molecule has 114 valence electrons. The van der Waals surface area contributed by atoms with Gasteiger partial charge in [0.1, 0.15) is 0 Å². The van der Waals surface area contributed by atoms with E-state index in [2.05, 4.69) is 4.72 Å². The summed E-state index contributed by atoms with van der Waals surface area (Å²) < 4.78 is 28.2. The van der Waals surface area contributed by atoms with Crippen LogP contribution in [0.25, 0.3) is 0 Å². The first kappa shape index (κ1) is 16.7. The molecule has 6 nitrogen and oxygen atoms in total. The molecule has 0 saturated carbocycles. The maximum absolute atomic E-state index is 12.0. The van der Waals surface area contributed by atoms with Crippen molar-refractivity contribution >= 4 is 16.0 Å². The van der Waals surface area contributed by atoms with Crippen molar-refractivity contribution in [2.24, 2.45) is 12.5 Å². The third-order valence-electron chi connectivity index (χ3n) is 3.22. The van der Waals surface area contributed by atoms with Crippen LogP contribution in [0.4, 0.5) is 0 Å². The Bertz CT molecular complexity index is 561. The standard InChI is InChI=1S/C13H22N2O4S/c1-13(2,6-4-12(16)17)7-8-14-20(18,19)11-5-9-15(3)10-11/h5,9-10,14H,4,6-8H2,1-3H3,(H,16,17). The molecule has 0 unspecified atom stereocenters. The van der Waals surface area contributed by atoms with Crippen LogP contribution in [0.2, 0.25) is 0 Å². The molecule has 0 aliphatic rings. The fraction of sp³-hybridized carbons (Fsp3) is 0.615. The van der Waals surface area contributed by atoms with Crippen molar-refractivity contribution < 1.29 is 18.3 Å². The normalized spacial score (nSPS) is 12.6. The lowest BCUT2D eigenvalue weighted by molar-refractivity contribution is -0.137. The molecule has 0 aliphatic heterocycles. The maximum atomic E-state index is 12.0. The van der Waals surface area contributed by atoms with Gasteiger partial charge >= 0.3 is 5.97 Å². The minimum Gasteiger partial charge on any atom is -0.481 e. The van der Waals surface area contributed by atoms with Gasteiger partial charge in [0.25, 0.3) is 0 Å². The summed E-state index contributed by atoms with van der Waals surface area (Å²) in [4.78, 5) is 10.8. The molecule has 0 aliphatic carbocycles. The van der Waals surface area contributed by atoms with E-state index < -0.39 is 16.0 Å². The number of carboxylic acids is 1. The molecule has 1 rings (SSSR count). The van der Waals surface area contributed by atoms with Crippen LogP contribution in [-0.4, -0.2) is 30.6 Å². The quantitative estimate of drug-likeness (QED) is 0.763. The fourth-order valence-electron chi connectivity index (χ4n) is 1.81. The Morgan fingerprint density at radius 2 is 2.05 bits per heavy atom. The zero-order valence-corrected chi connectivity index (χ0v) is 12.9. The van der Waals surface area contributed by atoms with Gasteiger partial charge in [-0.15, -0.1) is 0 Å². The molecule has 0 bridgehead atoms. The smallest absolute Gasteiger partial charge is 0.303 e. The van der Waals surface area contributed by atoms with Crippen molar-refractivity contribution in [3.63, 3.8) is 0 Å². The number of aromatic nitrogens is 1. The van der Waals surface area contributed by atoms with Gasteiger partial charge in [0.05, 0.1) is 4.90 Å². The molecule has 1 aromatic heterocycles. The molecule has 0 saturated heterocycles. The summed E-state index contributed by atoms with van der Waals surface area (Å²) in [6.07, 6.45) is 4.42. The molecule has 0 amide bonds. The summed E-state index contributed by atoms with van der Waals surface area (Å²) in [5.41, 5.74) is -0.211. The van der Waals surface area contributed by atoms with Crippen LogP contribution in [-0.2, 0) is 21.9 Å². The summed E-state index contributed by atoms with van der Waals surface area (Å²) >= 11 is 0. The molecule has 20 heavy (non-hydrogen) atoms. The first-order valence-corrected chi connectivity index (χ1v) is 7.94. The van der Waals surface area contributed by atoms with Gasteiger partial charge in [-0.25, -0.2) is 13.1 Å². The van der Waals surface area contributed by atoms with Crippen LogP contribution in [0.1, 0.15) is 33.1 Å². The Morgan fingerprint density at radius 3 is 2.55 bits per heavy atom. The van der Waals surface area contributed by atoms with E-state index in [-0.39, 0.29) is 16.7 Å². The third kappa shape index (κ3) is 5.34. The number of hydrogen-bond donors (Lipinski definition) is 2. The highest BCUT2D eigenvalue weighted by Gasteiger charge is 2.21. The lowest BCUT2D eigenvalue weighted by atomic mass is 9.84. The number of carbonyl (C=O) groups is 1. The topological polar surface area (TPSA) is 88.4 Å². The molecule has 1 heterocycles. The van der Waals surface area contributed by atoms with Gasteiger partial charge in [-0.3, -0.25) is 4.79 Å². The second kappa shape index (κ2) is 6.41. The van der Waals surface area contributed by atoms with Crippen molar-refractivity contribution in [1.29, 1.82) is 0 Å². The number of aliphatic carboxylic acids is 1. The van der Waals surface area contributed by atoms with E-state index in [9.17, 15) is 13.2 Å². The lowest BCUT2D eigenvalue weighted by Gasteiger charge is -2.23. The zero-order valence-electron chi connectivity index (χ0n) is 12.1. The number of aryl methyl sites for hydroxylation is 1. The average molecular weight is 302 g/mol. The Morgan fingerprint density at radius 1 is 1.40 bits per heavy atom. The van der Waals surface area contributed by atoms with E-state index in [0.29, 0.717) is 19.4 Å². The van der Waals surface area contributed by atoms with Crippen LogP contribution in [0.3, 0.4) is 0 Å². The van der Waals surface area contributed by atoms with Crippen LogP contribution in [0.15, 0.2) is 23.4 Å². The van der Waals surface area contributed by atoms with Crippen LogP contribution < -0.4 is 4.72 Å². The number of rotatable bonds is 8. The minimum atomic E-state index is -3.48. The van der Waals surface area contributed by atoms with E-state index in [4.69, 9.17) is 5.11 Å². The second-order valence-electron chi connectivity index (χ2n) is 5.72. The van der Waals surface area contributed by atoms with Crippen molar-refractivity contribution in [2.45, 2.75) is 38.0 Å². The summed E-state index contributed by atoms with van der Waals surface area (Å²) in [7, 11) is -1.72. The molecule has 0 atom stereocenters. The molecule has 0 fully saturated rings. The number of carboxylic acid groups (broad SMARTS) is 1. The minimum absolute atomic E-state index is 0.0957. The summed E-state index contributed by atoms with van der Waals surface area (Å²) in [6, 6.07) is 1.54. The Kier molecular flexibility index (Phi) is 5.35.